The number of carbonyl (C=O) groups is 2. The molecule has 0 saturated carbocycles. The van der Waals surface area contributed by atoms with Crippen LogP contribution in [0, 0.1) is 11.6 Å². The van der Waals surface area contributed by atoms with Crippen LogP contribution in [-0.2, 0) is 11.2 Å². The number of hydrogen-bond donors (Lipinski definition) is 0. The van der Waals surface area contributed by atoms with Crippen LogP contribution in [0.15, 0.2) is 29.6 Å². The highest BCUT2D eigenvalue weighted by molar-refractivity contribution is 7.09. The first-order valence-electron chi connectivity index (χ1n) is 5.96. The summed E-state index contributed by atoms with van der Waals surface area (Å²) in [5, 5.41) is 1.89. The Hall–Kier alpha value is -2.08. The van der Waals surface area contributed by atoms with Gasteiger partial charge in [-0.3, -0.25) is 9.59 Å². The molecule has 20 heavy (non-hydrogen) atoms. The number of nitrogens with zero attached hydrogens (tertiary/aromatic N) is 1. The van der Waals surface area contributed by atoms with Gasteiger partial charge in [-0.05, 0) is 30.0 Å². The van der Waals surface area contributed by atoms with Crippen molar-refractivity contribution >= 4 is 28.7 Å². The summed E-state index contributed by atoms with van der Waals surface area (Å²) < 4.78 is 27.4. The van der Waals surface area contributed by atoms with Crippen LogP contribution in [0.25, 0.3) is 0 Å². The van der Waals surface area contributed by atoms with Gasteiger partial charge < -0.3 is 4.90 Å². The van der Waals surface area contributed by atoms with Gasteiger partial charge in [0, 0.05) is 11.4 Å². The molecule has 102 valence electrons. The van der Waals surface area contributed by atoms with Crippen LogP contribution in [0.2, 0.25) is 0 Å². The smallest absolute Gasteiger partial charge is 0.299 e. The van der Waals surface area contributed by atoms with Gasteiger partial charge in [-0.1, -0.05) is 6.07 Å². The summed E-state index contributed by atoms with van der Waals surface area (Å²) in [7, 11) is 0. The highest BCUT2D eigenvalue weighted by Crippen LogP contribution is 2.33. The number of anilines is 1. The second kappa shape index (κ2) is 4.79. The van der Waals surface area contributed by atoms with Crippen LogP contribution >= 0.6 is 11.3 Å². The average Bonchev–Trinajstić information content (AvgIpc) is 3.02. The number of hydrogen-bond acceptors (Lipinski definition) is 3. The van der Waals surface area contributed by atoms with Crippen LogP contribution in [0.5, 0.6) is 0 Å². The van der Waals surface area contributed by atoms with Crippen LogP contribution in [-0.4, -0.2) is 18.2 Å². The van der Waals surface area contributed by atoms with Crippen molar-refractivity contribution in [3.8, 4) is 0 Å². The third-order valence-corrected chi connectivity index (χ3v) is 4.11. The molecule has 0 N–H and O–H groups in total. The Morgan fingerprint density at radius 3 is 2.55 bits per heavy atom. The van der Waals surface area contributed by atoms with Gasteiger partial charge in [-0.25, -0.2) is 8.78 Å². The molecule has 0 radical (unpaired) electrons. The zero-order valence-electron chi connectivity index (χ0n) is 10.2. The van der Waals surface area contributed by atoms with Crippen LogP contribution < -0.4 is 4.90 Å². The maximum absolute atomic E-state index is 13.8. The second-order valence-electron chi connectivity index (χ2n) is 4.37. The standard InChI is InChI=1S/C14H9F2NO2S/c15-9-3-4-10(16)12-11(9)13(18)14(19)17(12)6-5-8-2-1-7-20-8/h1-4,7H,5-6H2. The van der Waals surface area contributed by atoms with E-state index < -0.39 is 28.9 Å². The molecule has 2 aromatic rings. The van der Waals surface area contributed by atoms with E-state index in [2.05, 4.69) is 0 Å². The van der Waals surface area contributed by atoms with Gasteiger partial charge in [0.2, 0.25) is 0 Å². The summed E-state index contributed by atoms with van der Waals surface area (Å²) >= 11 is 1.51. The lowest BCUT2D eigenvalue weighted by Gasteiger charge is -2.16. The number of fused-ring (bicyclic) bond motifs is 1. The van der Waals surface area contributed by atoms with Crippen molar-refractivity contribution in [2.24, 2.45) is 0 Å². The predicted molar refractivity (Wildman–Crippen MR) is 71.1 cm³/mol. The van der Waals surface area contributed by atoms with Crippen molar-refractivity contribution in [2.75, 3.05) is 11.4 Å². The van der Waals surface area contributed by atoms with Crippen molar-refractivity contribution in [3.63, 3.8) is 0 Å². The zero-order chi connectivity index (χ0) is 14.3. The Morgan fingerprint density at radius 2 is 1.85 bits per heavy atom. The molecule has 0 saturated heterocycles. The largest absolute Gasteiger partial charge is 0.302 e. The molecule has 3 rings (SSSR count). The molecule has 3 nitrogen and oxygen atoms in total. The Balaban J connectivity index is 1.96. The van der Waals surface area contributed by atoms with E-state index in [0.717, 1.165) is 21.9 Å². The maximum atomic E-state index is 13.8. The fourth-order valence-corrected chi connectivity index (χ4v) is 2.94. The number of rotatable bonds is 3. The van der Waals surface area contributed by atoms with E-state index in [4.69, 9.17) is 0 Å². The number of benzene rings is 1. The molecule has 0 fully saturated rings. The lowest BCUT2D eigenvalue weighted by Crippen LogP contribution is -2.32. The van der Waals surface area contributed by atoms with E-state index in [1.165, 1.54) is 11.3 Å². The summed E-state index contributed by atoms with van der Waals surface area (Å²) in [5.74, 6) is -3.48. The topological polar surface area (TPSA) is 37.4 Å². The lowest BCUT2D eigenvalue weighted by molar-refractivity contribution is -0.114. The van der Waals surface area contributed by atoms with Crippen molar-refractivity contribution in [3.05, 3.63) is 51.7 Å². The molecule has 0 spiro atoms. The summed E-state index contributed by atoms with van der Waals surface area (Å²) in [6.07, 6.45) is 0.492. The normalized spacial score (nSPS) is 14.0. The molecule has 1 aliphatic heterocycles. The molecular formula is C14H9F2NO2S. The van der Waals surface area contributed by atoms with E-state index >= 15 is 0 Å². The third kappa shape index (κ3) is 1.92. The Labute approximate surface area is 117 Å². The lowest BCUT2D eigenvalue weighted by atomic mass is 10.1. The first kappa shape index (κ1) is 12.9. The van der Waals surface area contributed by atoms with E-state index in [0.29, 0.717) is 6.42 Å². The maximum Gasteiger partial charge on any atom is 0.299 e. The van der Waals surface area contributed by atoms with E-state index in [-0.39, 0.29) is 12.2 Å². The third-order valence-electron chi connectivity index (χ3n) is 3.18. The molecule has 0 aliphatic carbocycles. The molecule has 0 atom stereocenters. The van der Waals surface area contributed by atoms with Crippen molar-refractivity contribution in [1.82, 2.24) is 0 Å². The van der Waals surface area contributed by atoms with Gasteiger partial charge in [-0.2, -0.15) is 0 Å². The first-order valence-corrected chi connectivity index (χ1v) is 6.84. The predicted octanol–water partition coefficient (Wildman–Crippen LogP) is 2.80. The van der Waals surface area contributed by atoms with Gasteiger partial charge in [-0.15, -0.1) is 11.3 Å². The van der Waals surface area contributed by atoms with Gasteiger partial charge in [0.05, 0.1) is 11.3 Å². The molecule has 0 bridgehead atoms. The first-order chi connectivity index (χ1) is 9.59. The fourth-order valence-electron chi connectivity index (χ4n) is 2.24. The van der Waals surface area contributed by atoms with Crippen LogP contribution in [0.3, 0.4) is 0 Å². The van der Waals surface area contributed by atoms with Crippen molar-refractivity contribution in [2.45, 2.75) is 6.42 Å². The molecule has 1 aromatic carbocycles. The quantitative estimate of drug-likeness (QED) is 0.816. The number of carbonyl (C=O) groups excluding carboxylic acids is 2. The molecule has 2 heterocycles. The van der Waals surface area contributed by atoms with E-state index in [9.17, 15) is 18.4 Å². The van der Waals surface area contributed by atoms with Gasteiger partial charge in [0.25, 0.3) is 11.7 Å². The number of halogens is 2. The second-order valence-corrected chi connectivity index (χ2v) is 5.40. The summed E-state index contributed by atoms with van der Waals surface area (Å²) in [4.78, 5) is 25.7. The summed E-state index contributed by atoms with van der Waals surface area (Å²) in [6, 6.07) is 5.54. The fraction of sp³-hybridized carbons (Fsp3) is 0.143. The minimum Gasteiger partial charge on any atom is -0.302 e. The van der Waals surface area contributed by atoms with Crippen LogP contribution in [0.4, 0.5) is 14.5 Å². The molecule has 1 amide bonds. The number of amides is 1. The molecule has 0 unspecified atom stereocenters. The van der Waals surface area contributed by atoms with Gasteiger partial charge in [0.15, 0.2) is 0 Å². The Bertz CT molecular complexity index is 697. The zero-order valence-corrected chi connectivity index (χ0v) is 11.0. The molecule has 1 aromatic heterocycles. The minimum absolute atomic E-state index is 0.151. The van der Waals surface area contributed by atoms with E-state index in [1.54, 1.807) is 0 Å². The van der Waals surface area contributed by atoms with Gasteiger partial charge in [0.1, 0.15) is 11.6 Å². The Kier molecular flexibility index (Phi) is 3.10. The number of thiophene rings is 1. The molecule has 1 aliphatic rings. The van der Waals surface area contributed by atoms with Crippen molar-refractivity contribution < 1.29 is 18.4 Å². The van der Waals surface area contributed by atoms with Crippen LogP contribution in [0.1, 0.15) is 15.2 Å². The van der Waals surface area contributed by atoms with Gasteiger partial charge >= 0.3 is 0 Å². The SMILES string of the molecule is O=C1C(=O)N(CCc2cccs2)c2c(F)ccc(F)c21. The summed E-state index contributed by atoms with van der Waals surface area (Å²) in [5.41, 5.74) is -0.697. The highest BCUT2D eigenvalue weighted by Gasteiger charge is 2.40. The minimum atomic E-state index is -0.983. The average molecular weight is 293 g/mol. The van der Waals surface area contributed by atoms with Crippen molar-refractivity contribution in [1.29, 1.82) is 0 Å². The highest BCUT2D eigenvalue weighted by atomic mass is 32.1. The van der Waals surface area contributed by atoms with E-state index in [1.807, 2.05) is 17.5 Å². The molecule has 6 heteroatoms. The Morgan fingerprint density at radius 1 is 1.10 bits per heavy atom. The summed E-state index contributed by atoms with van der Waals surface area (Å²) in [6.45, 7) is 0.151. The monoisotopic (exact) mass is 293 g/mol. The number of Topliss-reactive ketones (excluding diaryl/α,β-unsaturated/α-hetero) is 1. The molecular weight excluding hydrogens is 284 g/mol. The number of ketones is 1.